The maximum Gasteiger partial charge on any atom is 0.330 e. The van der Waals surface area contributed by atoms with Crippen molar-refractivity contribution in [2.75, 3.05) is 16.8 Å². The molecule has 2 heterocycles. The molecule has 2 aliphatic carbocycles. The molecule has 2 saturated carbocycles. The minimum Gasteiger partial charge on any atom is -0.322 e. The van der Waals surface area contributed by atoms with Crippen molar-refractivity contribution >= 4 is 29.1 Å². The largest absolute Gasteiger partial charge is 0.330 e. The van der Waals surface area contributed by atoms with E-state index in [1.165, 1.54) is 44.9 Å². The van der Waals surface area contributed by atoms with Crippen LogP contribution in [0.25, 0.3) is 0 Å². The van der Waals surface area contributed by atoms with Crippen LogP contribution in [0.3, 0.4) is 0 Å². The lowest BCUT2D eigenvalue weighted by molar-refractivity contribution is -0.111. The summed E-state index contributed by atoms with van der Waals surface area (Å²) in [7, 11) is 0. The lowest BCUT2D eigenvalue weighted by Crippen LogP contribution is -2.45. The van der Waals surface area contributed by atoms with Crippen molar-refractivity contribution in [3.63, 3.8) is 0 Å². The fraction of sp³-hybridized carbons (Fsp3) is 0.500. The van der Waals surface area contributed by atoms with Crippen LogP contribution in [-0.4, -0.2) is 33.4 Å². The molecular weight excluding hydrogens is 438 g/mol. The Labute approximate surface area is 207 Å². The summed E-state index contributed by atoms with van der Waals surface area (Å²) in [5, 5.41) is 2.96. The van der Waals surface area contributed by atoms with Crippen molar-refractivity contribution < 1.29 is 9.59 Å². The van der Waals surface area contributed by atoms with E-state index < -0.39 is 0 Å². The third kappa shape index (κ3) is 4.95. The smallest absolute Gasteiger partial charge is 0.322 e. The highest BCUT2D eigenvalue weighted by atomic mass is 16.2. The van der Waals surface area contributed by atoms with Gasteiger partial charge in [0, 0.05) is 24.0 Å². The fourth-order valence-corrected chi connectivity index (χ4v) is 5.75. The number of aryl methyl sites for hydroxylation is 1. The maximum absolute atomic E-state index is 13.2. The van der Waals surface area contributed by atoms with Crippen LogP contribution >= 0.6 is 0 Å². The van der Waals surface area contributed by atoms with Gasteiger partial charge >= 0.3 is 6.03 Å². The van der Waals surface area contributed by atoms with Gasteiger partial charge in [-0.1, -0.05) is 18.6 Å². The molecule has 1 aliphatic heterocycles. The molecule has 3 aliphatic rings. The van der Waals surface area contributed by atoms with Crippen LogP contribution in [0.2, 0.25) is 0 Å². The van der Waals surface area contributed by atoms with Gasteiger partial charge in [-0.05, 0) is 94.4 Å². The number of nitrogens with zero attached hydrogens (tertiary/aromatic N) is 4. The van der Waals surface area contributed by atoms with Gasteiger partial charge in [-0.2, -0.15) is 0 Å². The van der Waals surface area contributed by atoms with Crippen molar-refractivity contribution in [3.05, 3.63) is 54.0 Å². The minimum absolute atomic E-state index is 0.127. The first-order valence-electron chi connectivity index (χ1n) is 13.0. The van der Waals surface area contributed by atoms with E-state index >= 15 is 0 Å². The Kier molecular flexibility index (Phi) is 6.58. The molecule has 1 spiro atoms. The van der Waals surface area contributed by atoms with Gasteiger partial charge in [0.05, 0.1) is 12.2 Å². The average Bonchev–Trinajstić information content (AvgIpc) is 2.83. The molecule has 1 aromatic carbocycles. The zero-order chi connectivity index (χ0) is 24.4. The number of hydrogen-bond acceptors (Lipinski definition) is 4. The Bertz CT molecular complexity index is 1130. The topological polar surface area (TPSA) is 78.4 Å². The Morgan fingerprint density at radius 2 is 2.03 bits per heavy atom. The summed E-state index contributed by atoms with van der Waals surface area (Å²) in [6, 6.07) is 7.24. The molecule has 184 valence electrons. The summed E-state index contributed by atoms with van der Waals surface area (Å²) in [4.78, 5) is 38.0. The molecule has 0 bridgehead atoms. The molecule has 35 heavy (non-hydrogen) atoms. The number of anilines is 3. The van der Waals surface area contributed by atoms with Gasteiger partial charge in [0.15, 0.2) is 0 Å². The highest BCUT2D eigenvalue weighted by Crippen LogP contribution is 2.53. The Hall–Kier alpha value is -3.22. The van der Waals surface area contributed by atoms with Crippen LogP contribution in [0, 0.1) is 18.3 Å². The molecule has 1 aromatic heterocycles. The van der Waals surface area contributed by atoms with Crippen molar-refractivity contribution in [1.29, 1.82) is 0 Å². The van der Waals surface area contributed by atoms with Crippen LogP contribution in [0.15, 0.2) is 42.6 Å². The predicted molar refractivity (Wildman–Crippen MR) is 137 cm³/mol. The monoisotopic (exact) mass is 473 g/mol. The molecule has 2 fully saturated rings. The van der Waals surface area contributed by atoms with E-state index in [1.54, 1.807) is 22.1 Å². The Morgan fingerprint density at radius 1 is 1.23 bits per heavy atom. The van der Waals surface area contributed by atoms with Crippen LogP contribution in [0.5, 0.6) is 0 Å². The molecule has 5 rings (SSSR count). The molecule has 0 radical (unpaired) electrons. The summed E-state index contributed by atoms with van der Waals surface area (Å²) in [6.45, 7) is 4.85. The summed E-state index contributed by atoms with van der Waals surface area (Å²) < 4.78 is 0. The van der Waals surface area contributed by atoms with Gasteiger partial charge in [-0.3, -0.25) is 4.79 Å². The fourth-order valence-electron chi connectivity index (χ4n) is 5.75. The molecular formula is C28H35N5O2. The van der Waals surface area contributed by atoms with Gasteiger partial charge in [-0.15, -0.1) is 0 Å². The molecule has 7 heteroatoms. The number of hydrogen-bond donors (Lipinski definition) is 1. The van der Waals surface area contributed by atoms with Gasteiger partial charge in [0.2, 0.25) is 5.91 Å². The Morgan fingerprint density at radius 3 is 2.74 bits per heavy atom. The van der Waals surface area contributed by atoms with Crippen LogP contribution in [-0.2, 0) is 11.3 Å². The molecule has 0 saturated heterocycles. The van der Waals surface area contributed by atoms with E-state index in [0.717, 1.165) is 12.0 Å². The zero-order valence-electron chi connectivity index (χ0n) is 20.8. The van der Waals surface area contributed by atoms with Crippen molar-refractivity contribution in [3.8, 4) is 0 Å². The molecule has 7 nitrogen and oxygen atoms in total. The van der Waals surface area contributed by atoms with Gasteiger partial charge in [0.1, 0.15) is 11.6 Å². The summed E-state index contributed by atoms with van der Waals surface area (Å²) in [5.74, 6) is 1.77. The van der Waals surface area contributed by atoms with E-state index in [1.807, 2.05) is 44.2 Å². The Balaban J connectivity index is 1.24. The molecule has 0 unspecified atom stereocenters. The summed E-state index contributed by atoms with van der Waals surface area (Å²) in [5.41, 5.74) is 2.90. The van der Waals surface area contributed by atoms with Crippen LogP contribution < -0.4 is 10.2 Å². The maximum atomic E-state index is 13.2. The molecule has 0 atom stereocenters. The molecule has 2 aromatic rings. The number of allylic oxidation sites excluding steroid dienone is 1. The number of carbonyl (C=O) groups excluding carboxylic acids is 2. The SMILES string of the molecule is CCN1Cc2cnc(C)nc2N(c2cccc(NC(=O)/C=C/CC3CCC4(CCC4)CC3)c2)C1=O. The number of benzene rings is 1. The lowest BCUT2D eigenvalue weighted by atomic mass is 9.59. The van der Waals surface area contributed by atoms with E-state index in [4.69, 9.17) is 0 Å². The van der Waals surface area contributed by atoms with Gasteiger partial charge < -0.3 is 10.2 Å². The first kappa shape index (κ1) is 23.5. The zero-order valence-corrected chi connectivity index (χ0v) is 20.8. The van der Waals surface area contributed by atoms with Gasteiger partial charge in [-0.25, -0.2) is 19.7 Å². The highest BCUT2D eigenvalue weighted by Gasteiger charge is 2.39. The minimum atomic E-state index is -0.146. The molecule has 1 N–H and O–H groups in total. The number of nitrogens with one attached hydrogen (secondary N) is 1. The highest BCUT2D eigenvalue weighted by molar-refractivity contribution is 6.03. The second-order valence-corrected chi connectivity index (χ2v) is 10.4. The number of fused-ring (bicyclic) bond motifs is 1. The summed E-state index contributed by atoms with van der Waals surface area (Å²) >= 11 is 0. The van der Waals surface area contributed by atoms with Crippen LogP contribution in [0.4, 0.5) is 22.0 Å². The van der Waals surface area contributed by atoms with Crippen molar-refractivity contribution in [2.45, 2.75) is 71.8 Å². The number of urea groups is 1. The number of amides is 3. The van der Waals surface area contributed by atoms with E-state index in [2.05, 4.69) is 15.3 Å². The van der Waals surface area contributed by atoms with Crippen LogP contribution in [0.1, 0.15) is 69.7 Å². The number of carbonyl (C=O) groups is 2. The second kappa shape index (κ2) is 9.80. The normalized spacial score (nSPS) is 19.7. The predicted octanol–water partition coefficient (Wildman–Crippen LogP) is 6.12. The standard InChI is InChI=1S/C28H35N5O2/c1-3-32-19-22-18-29-20(2)30-26(22)33(27(32)35)24-9-5-8-23(17-24)31-25(34)10-4-7-21-11-15-28(16-12-21)13-6-14-28/h4-5,8-10,17-18,21H,3,6-7,11-16,19H2,1-2H3,(H,31,34)/b10-4+. The lowest BCUT2D eigenvalue weighted by Gasteiger charge is -2.47. The van der Waals surface area contributed by atoms with E-state index in [9.17, 15) is 9.59 Å². The average molecular weight is 474 g/mol. The van der Waals surface area contributed by atoms with Crippen molar-refractivity contribution in [1.82, 2.24) is 14.9 Å². The summed E-state index contributed by atoms with van der Waals surface area (Å²) in [6.07, 6.45) is 16.0. The van der Waals surface area contributed by atoms with Crippen molar-refractivity contribution in [2.24, 2.45) is 11.3 Å². The second-order valence-electron chi connectivity index (χ2n) is 10.4. The van der Waals surface area contributed by atoms with Gasteiger partial charge in [0.25, 0.3) is 0 Å². The third-order valence-corrected chi connectivity index (χ3v) is 8.07. The third-order valence-electron chi connectivity index (χ3n) is 8.07. The number of rotatable bonds is 6. The first-order valence-corrected chi connectivity index (χ1v) is 13.0. The number of aromatic nitrogens is 2. The van der Waals surface area contributed by atoms with E-state index in [0.29, 0.717) is 47.4 Å². The van der Waals surface area contributed by atoms with E-state index in [-0.39, 0.29) is 11.9 Å². The first-order chi connectivity index (χ1) is 17.0. The quantitative estimate of drug-likeness (QED) is 0.512. The molecule has 3 amide bonds.